The molecule has 0 aromatic heterocycles. The Balaban J connectivity index is 1.58. The highest BCUT2D eigenvalue weighted by atomic mass is 16.5. The first kappa shape index (κ1) is 28.2. The fourth-order valence-electron chi connectivity index (χ4n) is 11.2. The molecule has 9 atom stereocenters. The lowest BCUT2D eigenvalue weighted by Crippen LogP contribution is -2.66. The van der Waals surface area contributed by atoms with E-state index in [2.05, 4.69) is 54.5 Å². The quantitative estimate of drug-likeness (QED) is 0.313. The van der Waals surface area contributed by atoms with Crippen molar-refractivity contribution < 1.29 is 24.2 Å². The number of rotatable bonds is 2. The van der Waals surface area contributed by atoms with Crippen molar-refractivity contribution in [1.82, 2.24) is 0 Å². The zero-order valence-electron chi connectivity index (χ0n) is 25.4. The van der Waals surface area contributed by atoms with Crippen LogP contribution >= 0.6 is 0 Å². The van der Waals surface area contributed by atoms with Crippen LogP contribution in [0.15, 0.2) is 11.6 Å². The summed E-state index contributed by atoms with van der Waals surface area (Å²) in [7, 11) is 1.51. The molecule has 0 aromatic rings. The molecule has 0 amide bonds. The summed E-state index contributed by atoms with van der Waals surface area (Å²) in [6, 6.07) is 0. The van der Waals surface area contributed by atoms with Crippen molar-refractivity contribution in [2.24, 2.45) is 50.2 Å². The molecule has 4 saturated carbocycles. The normalized spacial score (nSPS) is 48.8. The highest BCUT2D eigenvalue weighted by Gasteiger charge is 2.70. The van der Waals surface area contributed by atoms with E-state index in [1.807, 2.05) is 0 Å². The number of ether oxygens (including phenoxy) is 2. The molecule has 5 aliphatic carbocycles. The van der Waals surface area contributed by atoms with Gasteiger partial charge in [-0.3, -0.25) is 9.59 Å². The average Bonchev–Trinajstić information content (AvgIpc) is 2.83. The van der Waals surface area contributed by atoms with Crippen LogP contribution in [0.1, 0.15) is 113 Å². The van der Waals surface area contributed by atoms with E-state index in [-0.39, 0.29) is 51.0 Å². The summed E-state index contributed by atoms with van der Waals surface area (Å²) in [6.07, 6.45) is 10.5. The van der Waals surface area contributed by atoms with Crippen molar-refractivity contribution in [3.8, 4) is 0 Å². The third-order valence-corrected chi connectivity index (χ3v) is 13.7. The van der Waals surface area contributed by atoms with Crippen LogP contribution in [-0.2, 0) is 19.1 Å². The Morgan fingerprint density at radius 2 is 1.55 bits per heavy atom. The van der Waals surface area contributed by atoms with Crippen LogP contribution < -0.4 is 0 Å². The summed E-state index contributed by atoms with van der Waals surface area (Å²) in [5.41, 5.74) is 0.572. The summed E-state index contributed by atoms with van der Waals surface area (Å²) < 4.78 is 11.3. The molecule has 5 rings (SSSR count). The van der Waals surface area contributed by atoms with Gasteiger partial charge in [-0.1, -0.05) is 60.1 Å². The minimum absolute atomic E-state index is 0.0253. The Morgan fingerprint density at radius 3 is 2.18 bits per heavy atom. The molecule has 0 spiro atoms. The van der Waals surface area contributed by atoms with Gasteiger partial charge in [-0.05, 0) is 91.3 Å². The molecule has 0 aliphatic heterocycles. The van der Waals surface area contributed by atoms with Crippen LogP contribution in [0, 0.1) is 50.2 Å². The highest BCUT2D eigenvalue weighted by Crippen LogP contribution is 2.75. The third kappa shape index (κ3) is 3.45. The lowest BCUT2D eigenvalue weighted by molar-refractivity contribution is -0.218. The number of carbonyl (C=O) groups is 2. The van der Waals surface area contributed by atoms with Crippen molar-refractivity contribution >= 4 is 11.9 Å². The summed E-state index contributed by atoms with van der Waals surface area (Å²) in [6.45, 7) is 18.0. The lowest BCUT2D eigenvalue weighted by Gasteiger charge is -2.71. The van der Waals surface area contributed by atoms with Gasteiger partial charge in [0.1, 0.15) is 6.10 Å². The fourth-order valence-corrected chi connectivity index (χ4v) is 11.2. The van der Waals surface area contributed by atoms with Gasteiger partial charge in [-0.2, -0.15) is 0 Å². The Hall–Kier alpha value is -1.36. The molecule has 38 heavy (non-hydrogen) atoms. The molecule has 1 N–H and O–H groups in total. The number of aliphatic hydroxyl groups is 1. The van der Waals surface area contributed by atoms with E-state index < -0.39 is 11.5 Å². The van der Waals surface area contributed by atoms with Gasteiger partial charge >= 0.3 is 11.9 Å². The van der Waals surface area contributed by atoms with E-state index in [9.17, 15) is 14.7 Å². The van der Waals surface area contributed by atoms with Crippen LogP contribution in [0.5, 0.6) is 0 Å². The van der Waals surface area contributed by atoms with E-state index in [0.717, 1.165) is 57.8 Å². The molecule has 0 aromatic carbocycles. The van der Waals surface area contributed by atoms with E-state index in [1.165, 1.54) is 19.6 Å². The largest absolute Gasteiger partial charge is 0.469 e. The molecule has 9 unspecified atom stereocenters. The first-order valence-electron chi connectivity index (χ1n) is 15.2. The topological polar surface area (TPSA) is 72.8 Å². The molecule has 0 bridgehead atoms. The standard InChI is InChI=1S/C33H52O5/c1-20(34)38-24-13-14-30(6)22(29(24,4)5)12-15-32(8)23(30)11-10-21-25-26(35)28(2,3)16-18-33(25,27(36)37-9)19-17-31(21,32)7/h10,22-26,35H,11-19H2,1-9H3. The molecule has 0 heterocycles. The zero-order valence-corrected chi connectivity index (χ0v) is 25.4. The van der Waals surface area contributed by atoms with Crippen LogP contribution in [-0.4, -0.2) is 36.4 Å². The van der Waals surface area contributed by atoms with Gasteiger partial charge in [-0.25, -0.2) is 0 Å². The van der Waals surface area contributed by atoms with Crippen molar-refractivity contribution in [2.75, 3.05) is 7.11 Å². The summed E-state index contributed by atoms with van der Waals surface area (Å²) in [5.74, 6) is 0.516. The second kappa shape index (κ2) is 8.57. The third-order valence-electron chi connectivity index (χ3n) is 13.7. The van der Waals surface area contributed by atoms with E-state index >= 15 is 0 Å². The summed E-state index contributed by atoms with van der Waals surface area (Å²) in [4.78, 5) is 25.4. The van der Waals surface area contributed by atoms with Gasteiger partial charge in [0.15, 0.2) is 0 Å². The Kier molecular flexibility index (Phi) is 6.36. The molecule has 214 valence electrons. The minimum atomic E-state index is -0.622. The number of fused-ring (bicyclic) bond motifs is 7. The maximum Gasteiger partial charge on any atom is 0.312 e. The van der Waals surface area contributed by atoms with Crippen molar-refractivity contribution in [3.05, 3.63) is 11.6 Å². The smallest absolute Gasteiger partial charge is 0.312 e. The van der Waals surface area contributed by atoms with E-state index in [0.29, 0.717) is 11.8 Å². The molecule has 4 fully saturated rings. The van der Waals surface area contributed by atoms with Crippen molar-refractivity contribution in [2.45, 2.75) is 125 Å². The molecule has 5 aliphatic rings. The number of allylic oxidation sites excluding steroid dienone is 1. The molecular formula is C33H52O5. The summed E-state index contributed by atoms with van der Waals surface area (Å²) >= 11 is 0. The van der Waals surface area contributed by atoms with Gasteiger partial charge in [0, 0.05) is 18.3 Å². The first-order chi connectivity index (χ1) is 17.5. The fraction of sp³-hybridized carbons (Fsp3) is 0.879. The highest BCUT2D eigenvalue weighted by molar-refractivity contribution is 5.79. The maximum absolute atomic E-state index is 13.4. The van der Waals surface area contributed by atoms with Gasteiger partial charge in [0.25, 0.3) is 0 Å². The SMILES string of the molecule is COC(=O)C12CCC(C)(C)C(O)C1C1=CCC3C4(C)CCC(OC(C)=O)C(C)(C)C4CCC3(C)C1(C)CC2. The number of aliphatic hydroxyl groups excluding tert-OH is 1. The van der Waals surface area contributed by atoms with Crippen LogP contribution in [0.25, 0.3) is 0 Å². The number of hydrogen-bond acceptors (Lipinski definition) is 5. The Morgan fingerprint density at radius 1 is 0.895 bits per heavy atom. The van der Waals surface area contributed by atoms with Crippen LogP contribution in [0.3, 0.4) is 0 Å². The van der Waals surface area contributed by atoms with Crippen molar-refractivity contribution in [1.29, 1.82) is 0 Å². The van der Waals surface area contributed by atoms with Gasteiger partial charge in [0.2, 0.25) is 0 Å². The maximum atomic E-state index is 13.4. The van der Waals surface area contributed by atoms with Gasteiger partial charge < -0.3 is 14.6 Å². The van der Waals surface area contributed by atoms with Crippen molar-refractivity contribution in [3.63, 3.8) is 0 Å². The predicted molar refractivity (Wildman–Crippen MR) is 148 cm³/mol. The molecule has 0 radical (unpaired) electrons. The second-order valence-electron chi connectivity index (χ2n) is 15.8. The molecule has 0 saturated heterocycles. The van der Waals surface area contributed by atoms with E-state index in [4.69, 9.17) is 9.47 Å². The first-order valence-corrected chi connectivity index (χ1v) is 15.2. The average molecular weight is 529 g/mol. The zero-order chi connectivity index (χ0) is 28.1. The Bertz CT molecular complexity index is 1040. The second-order valence-corrected chi connectivity index (χ2v) is 15.8. The lowest BCUT2D eigenvalue weighted by atomic mass is 9.33. The molecule has 5 heteroatoms. The number of carbonyl (C=O) groups excluding carboxylic acids is 2. The number of esters is 2. The van der Waals surface area contributed by atoms with Gasteiger partial charge in [-0.15, -0.1) is 0 Å². The molecular weight excluding hydrogens is 476 g/mol. The van der Waals surface area contributed by atoms with E-state index in [1.54, 1.807) is 0 Å². The monoisotopic (exact) mass is 528 g/mol. The summed E-state index contributed by atoms with van der Waals surface area (Å²) in [5, 5.41) is 11.9. The van der Waals surface area contributed by atoms with Gasteiger partial charge in [0.05, 0.1) is 18.6 Å². The minimum Gasteiger partial charge on any atom is -0.469 e. The number of methoxy groups -OCH3 is 1. The van der Waals surface area contributed by atoms with Crippen LogP contribution in [0.2, 0.25) is 0 Å². The van der Waals surface area contributed by atoms with Crippen LogP contribution in [0.4, 0.5) is 0 Å². The predicted octanol–water partition coefficient (Wildman–Crippen LogP) is 6.86. The number of hydrogen-bond donors (Lipinski definition) is 1. The molecule has 5 nitrogen and oxygen atoms in total. The Labute approximate surface area is 230 Å².